The highest BCUT2D eigenvalue weighted by molar-refractivity contribution is 7.09. The Balaban J connectivity index is 0.00000154. The van der Waals surface area contributed by atoms with Gasteiger partial charge in [0.1, 0.15) is 5.16 Å². The number of allylic oxidation sites excluding steroid dienone is 2. The van der Waals surface area contributed by atoms with Crippen LogP contribution >= 0.6 is 22.9 Å². The van der Waals surface area contributed by atoms with Gasteiger partial charge in [0, 0.05) is 22.6 Å². The topological polar surface area (TPSA) is 78.1 Å². The summed E-state index contributed by atoms with van der Waals surface area (Å²) in [7, 11) is 0. The first-order valence-electron chi connectivity index (χ1n) is 6.01. The lowest BCUT2D eigenvalue weighted by Crippen LogP contribution is -2.16. The molecule has 0 saturated heterocycles. The average Bonchev–Trinajstić information content (AvgIpc) is 2.83. The Kier molecular flexibility index (Phi) is 8.03. The molecule has 0 unspecified atom stereocenters. The molecule has 19 heavy (non-hydrogen) atoms. The highest BCUT2D eigenvalue weighted by Gasteiger charge is 2.11. The third kappa shape index (κ3) is 5.41. The SMILES string of the molecule is C=C(C)C(=C(/N)Cl)/C(N)=C(\N)Cc1cccs1.CC. The van der Waals surface area contributed by atoms with Crippen molar-refractivity contribution in [3.8, 4) is 0 Å². The van der Waals surface area contributed by atoms with E-state index in [4.69, 9.17) is 28.8 Å². The average molecular weight is 300 g/mol. The van der Waals surface area contributed by atoms with Crippen LogP contribution in [0.5, 0.6) is 0 Å². The monoisotopic (exact) mass is 299 g/mol. The van der Waals surface area contributed by atoms with Crippen molar-refractivity contribution in [2.45, 2.75) is 27.2 Å². The zero-order valence-electron chi connectivity index (χ0n) is 11.7. The molecule has 0 aromatic carbocycles. The minimum absolute atomic E-state index is 0.115. The van der Waals surface area contributed by atoms with Gasteiger partial charge in [-0.05, 0) is 23.9 Å². The third-order valence-electron chi connectivity index (χ3n) is 2.23. The standard InChI is InChI=1S/C12H16ClN3S.C2H6/c1-7(2)10(12(13)16)11(15)9(14)6-8-4-3-5-17-8;1-2/h3-5H,1,6,14-16H2,2H3;1-2H3/b11-9+,12-10-;. The zero-order chi connectivity index (χ0) is 15.0. The lowest BCUT2D eigenvalue weighted by molar-refractivity contribution is 1.06. The van der Waals surface area contributed by atoms with Crippen LogP contribution in [-0.4, -0.2) is 0 Å². The van der Waals surface area contributed by atoms with Crippen molar-refractivity contribution in [2.24, 2.45) is 17.2 Å². The summed E-state index contributed by atoms with van der Waals surface area (Å²) in [6, 6.07) is 3.97. The molecule has 0 spiro atoms. The van der Waals surface area contributed by atoms with Crippen LogP contribution in [0.2, 0.25) is 0 Å². The second-order valence-electron chi connectivity index (χ2n) is 3.70. The number of hydrogen-bond donors (Lipinski definition) is 3. The molecule has 6 N–H and O–H groups in total. The van der Waals surface area contributed by atoms with E-state index in [-0.39, 0.29) is 5.16 Å². The van der Waals surface area contributed by atoms with Crippen molar-refractivity contribution >= 4 is 22.9 Å². The fraction of sp³-hybridized carbons (Fsp3) is 0.286. The van der Waals surface area contributed by atoms with E-state index in [1.54, 1.807) is 18.3 Å². The fourth-order valence-corrected chi connectivity index (χ4v) is 2.41. The minimum Gasteiger partial charge on any atom is -0.400 e. The normalized spacial score (nSPS) is 12.8. The highest BCUT2D eigenvalue weighted by Crippen LogP contribution is 2.21. The molecule has 0 bridgehead atoms. The lowest BCUT2D eigenvalue weighted by Gasteiger charge is -2.12. The predicted molar refractivity (Wildman–Crippen MR) is 86.7 cm³/mol. The molecule has 0 amide bonds. The van der Waals surface area contributed by atoms with Crippen molar-refractivity contribution < 1.29 is 0 Å². The van der Waals surface area contributed by atoms with Crippen LogP contribution in [0.25, 0.3) is 0 Å². The first-order chi connectivity index (χ1) is 8.93. The Morgan fingerprint density at radius 3 is 2.26 bits per heavy atom. The quantitative estimate of drug-likeness (QED) is 0.589. The van der Waals surface area contributed by atoms with E-state index in [1.165, 1.54) is 0 Å². The van der Waals surface area contributed by atoms with Gasteiger partial charge in [-0.3, -0.25) is 0 Å². The largest absolute Gasteiger partial charge is 0.400 e. The molecule has 1 aromatic rings. The fourth-order valence-electron chi connectivity index (χ4n) is 1.42. The van der Waals surface area contributed by atoms with E-state index in [9.17, 15) is 0 Å². The third-order valence-corrected chi connectivity index (χ3v) is 3.29. The van der Waals surface area contributed by atoms with Gasteiger partial charge in [0.2, 0.25) is 0 Å². The van der Waals surface area contributed by atoms with E-state index in [0.717, 1.165) is 4.88 Å². The van der Waals surface area contributed by atoms with Crippen LogP contribution in [-0.2, 0) is 6.42 Å². The van der Waals surface area contributed by atoms with Crippen LogP contribution in [0.1, 0.15) is 25.6 Å². The maximum absolute atomic E-state index is 5.96. The van der Waals surface area contributed by atoms with E-state index in [2.05, 4.69) is 6.58 Å². The van der Waals surface area contributed by atoms with Gasteiger partial charge in [-0.25, -0.2) is 0 Å². The minimum atomic E-state index is 0.115. The molecule has 1 heterocycles. The van der Waals surface area contributed by atoms with Crippen LogP contribution < -0.4 is 17.2 Å². The van der Waals surface area contributed by atoms with Gasteiger partial charge in [-0.2, -0.15) is 0 Å². The number of rotatable bonds is 4. The molecular weight excluding hydrogens is 278 g/mol. The summed E-state index contributed by atoms with van der Waals surface area (Å²) >= 11 is 7.41. The van der Waals surface area contributed by atoms with Gasteiger partial charge in [0.25, 0.3) is 0 Å². The lowest BCUT2D eigenvalue weighted by atomic mass is 10.0. The molecule has 0 atom stereocenters. The van der Waals surface area contributed by atoms with Crippen molar-refractivity contribution in [1.82, 2.24) is 0 Å². The molecule has 1 rings (SSSR count). The number of halogens is 1. The molecule has 0 aliphatic rings. The number of nitrogens with two attached hydrogens (primary N) is 3. The molecule has 3 nitrogen and oxygen atoms in total. The molecular formula is C14H22ClN3S. The van der Waals surface area contributed by atoms with Crippen LogP contribution in [0.4, 0.5) is 0 Å². The van der Waals surface area contributed by atoms with Gasteiger partial charge >= 0.3 is 0 Å². The first kappa shape index (κ1) is 17.6. The first-order valence-corrected chi connectivity index (χ1v) is 7.27. The second-order valence-corrected chi connectivity index (χ2v) is 5.14. The molecule has 0 aliphatic carbocycles. The smallest absolute Gasteiger partial charge is 0.109 e. The summed E-state index contributed by atoms with van der Waals surface area (Å²) in [4.78, 5) is 1.14. The maximum atomic E-state index is 5.96. The van der Waals surface area contributed by atoms with E-state index in [1.807, 2.05) is 31.4 Å². The summed E-state index contributed by atoms with van der Waals surface area (Å²) in [5.74, 6) is 0. The molecule has 0 fully saturated rings. The van der Waals surface area contributed by atoms with E-state index < -0.39 is 0 Å². The van der Waals surface area contributed by atoms with Crippen molar-refractivity contribution in [1.29, 1.82) is 0 Å². The summed E-state index contributed by atoms with van der Waals surface area (Å²) in [6.45, 7) is 9.58. The van der Waals surface area contributed by atoms with E-state index in [0.29, 0.717) is 29.0 Å². The predicted octanol–water partition coefficient (Wildman–Crippen LogP) is 3.43. The molecule has 5 heteroatoms. The Morgan fingerprint density at radius 2 is 1.89 bits per heavy atom. The van der Waals surface area contributed by atoms with Crippen molar-refractivity contribution in [3.63, 3.8) is 0 Å². The molecule has 0 saturated carbocycles. The molecule has 106 valence electrons. The summed E-state index contributed by atoms with van der Waals surface area (Å²) in [6.07, 6.45) is 0.588. The van der Waals surface area contributed by atoms with Gasteiger partial charge in [-0.1, -0.05) is 38.1 Å². The van der Waals surface area contributed by atoms with Gasteiger partial charge in [-0.15, -0.1) is 11.3 Å². The molecule has 0 radical (unpaired) electrons. The van der Waals surface area contributed by atoms with E-state index >= 15 is 0 Å². The van der Waals surface area contributed by atoms with Crippen molar-refractivity contribution in [3.05, 3.63) is 56.7 Å². The second kappa shape index (κ2) is 8.67. The van der Waals surface area contributed by atoms with Crippen LogP contribution in [0.3, 0.4) is 0 Å². The Labute approximate surface area is 124 Å². The number of hydrogen-bond acceptors (Lipinski definition) is 4. The Hall–Kier alpha value is -1.39. The van der Waals surface area contributed by atoms with Crippen LogP contribution in [0.15, 0.2) is 51.8 Å². The van der Waals surface area contributed by atoms with Crippen molar-refractivity contribution in [2.75, 3.05) is 0 Å². The number of thiophene rings is 1. The zero-order valence-corrected chi connectivity index (χ0v) is 13.2. The maximum Gasteiger partial charge on any atom is 0.109 e. The Morgan fingerprint density at radius 1 is 1.32 bits per heavy atom. The summed E-state index contributed by atoms with van der Waals surface area (Å²) < 4.78 is 0. The molecule has 0 aliphatic heterocycles. The van der Waals surface area contributed by atoms with Gasteiger partial charge in [0.15, 0.2) is 0 Å². The summed E-state index contributed by atoms with van der Waals surface area (Å²) in [5, 5.41) is 2.11. The van der Waals surface area contributed by atoms with Crippen LogP contribution in [0, 0.1) is 0 Å². The molecule has 1 aromatic heterocycles. The Bertz CT molecular complexity index is 469. The highest BCUT2D eigenvalue weighted by atomic mass is 35.5. The van der Waals surface area contributed by atoms with Gasteiger partial charge in [0.05, 0.1) is 5.70 Å². The van der Waals surface area contributed by atoms with Gasteiger partial charge < -0.3 is 17.2 Å². The summed E-state index contributed by atoms with van der Waals surface area (Å²) in [5.41, 5.74) is 19.7.